The zero-order valence-electron chi connectivity index (χ0n) is 19.1. The van der Waals surface area contributed by atoms with Crippen LogP contribution < -0.4 is 10.0 Å². The summed E-state index contributed by atoms with van der Waals surface area (Å²) in [5.74, 6) is -0.906. The Bertz CT molecular complexity index is 1670. The van der Waals surface area contributed by atoms with Crippen molar-refractivity contribution in [3.8, 4) is 11.3 Å². The Balaban J connectivity index is 1.42. The van der Waals surface area contributed by atoms with Crippen LogP contribution in [0.5, 0.6) is 0 Å². The SMILES string of the molecule is O=C(Nc1nc(-c2ccc(F)cc2)cs1)[C@H](Cc1c[nH]c2ccccc12)NS(=O)(=O)c1ccc(Br)cc1. The van der Waals surface area contributed by atoms with Gasteiger partial charge in [0.25, 0.3) is 0 Å². The van der Waals surface area contributed by atoms with E-state index >= 15 is 0 Å². The second-order valence-electron chi connectivity index (χ2n) is 8.23. The first kappa shape index (κ1) is 25.3. The number of anilines is 1. The second kappa shape index (κ2) is 10.5. The van der Waals surface area contributed by atoms with E-state index in [1.54, 1.807) is 35.8 Å². The van der Waals surface area contributed by atoms with E-state index < -0.39 is 22.0 Å². The highest BCUT2D eigenvalue weighted by Crippen LogP contribution is 2.26. The highest BCUT2D eigenvalue weighted by Gasteiger charge is 2.28. The molecule has 1 amide bonds. The molecule has 5 rings (SSSR count). The Labute approximate surface area is 225 Å². The van der Waals surface area contributed by atoms with Gasteiger partial charge in [-0.1, -0.05) is 34.1 Å². The van der Waals surface area contributed by atoms with Crippen molar-refractivity contribution in [3.05, 3.63) is 100 Å². The number of para-hydroxylation sites is 1. The molecule has 5 aromatic rings. The maximum absolute atomic E-state index is 13.4. The third-order valence-electron chi connectivity index (χ3n) is 5.71. The van der Waals surface area contributed by atoms with E-state index in [0.29, 0.717) is 16.4 Å². The van der Waals surface area contributed by atoms with Gasteiger partial charge in [-0.2, -0.15) is 4.72 Å². The van der Waals surface area contributed by atoms with Crippen molar-refractivity contribution in [2.75, 3.05) is 5.32 Å². The van der Waals surface area contributed by atoms with Crippen molar-refractivity contribution in [2.24, 2.45) is 0 Å². The normalized spacial score (nSPS) is 12.5. The smallest absolute Gasteiger partial charge is 0.244 e. The fraction of sp³-hybridized carbons (Fsp3) is 0.0769. The highest BCUT2D eigenvalue weighted by atomic mass is 79.9. The summed E-state index contributed by atoms with van der Waals surface area (Å²) in [6, 6.07) is 18.5. The number of sulfonamides is 1. The predicted octanol–water partition coefficient (Wildman–Crippen LogP) is 5.72. The van der Waals surface area contributed by atoms with Crippen molar-refractivity contribution in [1.29, 1.82) is 0 Å². The number of fused-ring (bicyclic) bond motifs is 1. The van der Waals surface area contributed by atoms with Crippen molar-refractivity contribution in [2.45, 2.75) is 17.4 Å². The number of aromatic nitrogens is 2. The predicted molar refractivity (Wildman–Crippen MR) is 146 cm³/mol. The third kappa shape index (κ3) is 5.80. The van der Waals surface area contributed by atoms with Crippen LogP contribution >= 0.6 is 27.3 Å². The Morgan fingerprint density at radius 2 is 1.78 bits per heavy atom. The minimum atomic E-state index is -4.01. The monoisotopic (exact) mass is 598 g/mol. The van der Waals surface area contributed by atoms with Gasteiger partial charge in [-0.15, -0.1) is 11.3 Å². The molecule has 0 aliphatic rings. The van der Waals surface area contributed by atoms with Crippen molar-refractivity contribution in [1.82, 2.24) is 14.7 Å². The lowest BCUT2D eigenvalue weighted by Crippen LogP contribution is -2.45. The van der Waals surface area contributed by atoms with E-state index in [0.717, 1.165) is 20.9 Å². The summed E-state index contributed by atoms with van der Waals surface area (Å²) in [6.45, 7) is 0. The average molecular weight is 600 g/mol. The molecule has 3 aromatic carbocycles. The van der Waals surface area contributed by atoms with Gasteiger partial charge in [-0.05, 0) is 66.6 Å². The zero-order valence-corrected chi connectivity index (χ0v) is 22.3. The maximum atomic E-state index is 13.4. The molecule has 1 atom stereocenters. The minimum absolute atomic E-state index is 0.0419. The number of amides is 1. The van der Waals surface area contributed by atoms with E-state index in [-0.39, 0.29) is 17.1 Å². The maximum Gasteiger partial charge on any atom is 0.244 e. The standard InChI is InChI=1S/C26H20BrFN4O3S2/c27-18-7-11-20(12-8-18)37(34,35)32-23(13-17-14-29-22-4-2-1-3-21(17)22)25(33)31-26-30-24(15-36-26)16-5-9-19(28)10-6-16/h1-12,14-15,23,29,32H,13H2,(H,30,31,33)/t23-/m0/s1. The number of nitrogens with zero attached hydrogens (tertiary/aromatic N) is 1. The number of hydrogen-bond acceptors (Lipinski definition) is 5. The van der Waals surface area contributed by atoms with Gasteiger partial charge in [0.1, 0.15) is 11.9 Å². The molecule has 2 heterocycles. The van der Waals surface area contributed by atoms with Crippen molar-refractivity contribution >= 4 is 59.2 Å². The Hall–Kier alpha value is -3.38. The van der Waals surface area contributed by atoms with Gasteiger partial charge in [-0.25, -0.2) is 17.8 Å². The fourth-order valence-corrected chi connectivity index (χ4v) is 6.04. The molecule has 0 bridgehead atoms. The summed E-state index contributed by atoms with van der Waals surface area (Å²) in [6.07, 6.45) is 1.89. The molecule has 0 fully saturated rings. The molecule has 7 nitrogen and oxygen atoms in total. The van der Waals surface area contributed by atoms with E-state index in [1.807, 2.05) is 24.3 Å². The Kier molecular flexibility index (Phi) is 7.20. The summed E-state index contributed by atoms with van der Waals surface area (Å²) in [7, 11) is -4.01. The van der Waals surface area contributed by atoms with E-state index in [9.17, 15) is 17.6 Å². The number of carbonyl (C=O) groups excluding carboxylic acids is 1. The molecule has 188 valence electrons. The molecule has 0 spiro atoms. The Morgan fingerprint density at radius 3 is 2.54 bits per heavy atom. The Morgan fingerprint density at radius 1 is 1.05 bits per heavy atom. The first-order valence-corrected chi connectivity index (χ1v) is 14.3. The van der Waals surface area contributed by atoms with Crippen LogP contribution in [0.1, 0.15) is 5.56 Å². The number of thiazole rings is 1. The van der Waals surface area contributed by atoms with Gasteiger partial charge in [0.05, 0.1) is 10.6 Å². The van der Waals surface area contributed by atoms with Crippen LogP contribution in [0, 0.1) is 5.82 Å². The number of carbonyl (C=O) groups is 1. The molecule has 2 aromatic heterocycles. The van der Waals surface area contributed by atoms with Crippen LogP contribution in [0.3, 0.4) is 0 Å². The third-order valence-corrected chi connectivity index (χ3v) is 8.49. The molecule has 0 aliphatic carbocycles. The molecule has 0 unspecified atom stereocenters. The van der Waals surface area contributed by atoms with Gasteiger partial charge in [0.15, 0.2) is 5.13 Å². The highest BCUT2D eigenvalue weighted by molar-refractivity contribution is 9.10. The lowest BCUT2D eigenvalue weighted by atomic mass is 10.1. The van der Waals surface area contributed by atoms with Crippen molar-refractivity contribution in [3.63, 3.8) is 0 Å². The van der Waals surface area contributed by atoms with Crippen LogP contribution in [0.2, 0.25) is 0 Å². The van der Waals surface area contributed by atoms with E-state index in [2.05, 4.69) is 35.9 Å². The molecule has 3 N–H and O–H groups in total. The molecular weight excluding hydrogens is 579 g/mol. The van der Waals surface area contributed by atoms with Gasteiger partial charge in [-0.3, -0.25) is 4.79 Å². The van der Waals surface area contributed by atoms with Gasteiger partial charge in [0, 0.05) is 32.5 Å². The van der Waals surface area contributed by atoms with Crippen LogP contribution in [-0.2, 0) is 21.2 Å². The summed E-state index contributed by atoms with van der Waals surface area (Å²) in [5.41, 5.74) is 2.95. The fourth-order valence-electron chi connectivity index (χ4n) is 3.85. The molecule has 0 saturated carbocycles. The molecular formula is C26H20BrFN4O3S2. The summed E-state index contributed by atoms with van der Waals surface area (Å²) in [4.78, 5) is 21.0. The van der Waals surface area contributed by atoms with Crippen LogP contribution in [0.15, 0.2) is 93.7 Å². The quantitative estimate of drug-likeness (QED) is 0.212. The number of rotatable bonds is 8. The molecule has 0 saturated heterocycles. The zero-order chi connectivity index (χ0) is 26.0. The lowest BCUT2D eigenvalue weighted by Gasteiger charge is -2.18. The minimum Gasteiger partial charge on any atom is -0.361 e. The molecule has 0 radical (unpaired) electrons. The number of H-pyrrole nitrogens is 1. The molecule has 0 aliphatic heterocycles. The average Bonchev–Trinajstić information content (AvgIpc) is 3.51. The largest absolute Gasteiger partial charge is 0.361 e. The second-order valence-corrected chi connectivity index (χ2v) is 11.7. The number of halogens is 2. The number of aromatic amines is 1. The number of benzene rings is 3. The first-order valence-electron chi connectivity index (χ1n) is 11.1. The first-order chi connectivity index (χ1) is 17.8. The van der Waals surface area contributed by atoms with Crippen molar-refractivity contribution < 1.29 is 17.6 Å². The lowest BCUT2D eigenvalue weighted by molar-refractivity contribution is -0.117. The summed E-state index contributed by atoms with van der Waals surface area (Å²) < 4.78 is 42.9. The van der Waals surface area contributed by atoms with E-state index in [4.69, 9.17) is 0 Å². The summed E-state index contributed by atoms with van der Waals surface area (Å²) in [5, 5.41) is 5.68. The van der Waals surface area contributed by atoms with Crippen LogP contribution in [0.4, 0.5) is 9.52 Å². The van der Waals surface area contributed by atoms with E-state index in [1.165, 1.54) is 35.6 Å². The topological polar surface area (TPSA) is 104 Å². The van der Waals surface area contributed by atoms with Crippen LogP contribution in [-0.4, -0.2) is 30.3 Å². The van der Waals surface area contributed by atoms with Gasteiger partial charge < -0.3 is 10.3 Å². The van der Waals surface area contributed by atoms with Crippen LogP contribution in [0.25, 0.3) is 22.2 Å². The summed E-state index contributed by atoms with van der Waals surface area (Å²) >= 11 is 4.50. The molecule has 37 heavy (non-hydrogen) atoms. The number of nitrogens with one attached hydrogen (secondary N) is 3. The molecule has 11 heteroatoms. The van der Waals surface area contributed by atoms with Gasteiger partial charge >= 0.3 is 0 Å². The number of hydrogen-bond donors (Lipinski definition) is 3. The van der Waals surface area contributed by atoms with Gasteiger partial charge in [0.2, 0.25) is 15.9 Å².